The number of rotatable bonds is 2. The Hall–Kier alpha value is -1.39. The molecule has 2 rings (SSSR count). The topological polar surface area (TPSA) is 34.1 Å². The van der Waals surface area contributed by atoms with Crippen LogP contribution in [0.4, 0.5) is 0 Å². The maximum absolute atomic E-state index is 12.2. The van der Waals surface area contributed by atoms with Gasteiger partial charge in [0.05, 0.1) is 9.79 Å². The molecule has 0 spiro atoms. The summed E-state index contributed by atoms with van der Waals surface area (Å²) in [4.78, 5) is 0.703. The predicted octanol–water partition coefficient (Wildman–Crippen LogP) is 0.510. The smallest absolute Gasteiger partial charge is 0.206 e. The molecule has 0 aliphatic carbocycles. The lowest BCUT2D eigenvalue weighted by Crippen LogP contribution is -2.05. The van der Waals surface area contributed by atoms with Crippen molar-refractivity contribution in [3.63, 3.8) is 0 Å². The summed E-state index contributed by atoms with van der Waals surface area (Å²) in [7, 11) is -2.41. The van der Waals surface area contributed by atoms with E-state index in [9.17, 15) is 8.42 Å². The van der Waals surface area contributed by atoms with E-state index in [0.29, 0.717) is 9.79 Å². The van der Waals surface area contributed by atoms with E-state index in [-0.39, 0.29) is 0 Å². The zero-order chi connectivity index (χ0) is 11.6. The minimum atomic E-state index is -3.34. The van der Waals surface area contributed by atoms with Gasteiger partial charge in [-0.15, -0.1) is 0 Å². The zero-order valence-corrected chi connectivity index (χ0v) is 11.7. The summed E-state index contributed by atoms with van der Waals surface area (Å²) < 4.78 is 24.3. The fraction of sp³-hybridized carbons (Fsp3) is 0. The minimum absolute atomic E-state index is 0.344. The fourth-order valence-electron chi connectivity index (χ4n) is 1.45. The van der Waals surface area contributed by atoms with Gasteiger partial charge in [-0.2, -0.15) is 0 Å². The van der Waals surface area contributed by atoms with Gasteiger partial charge in [0.2, 0.25) is 9.84 Å². The van der Waals surface area contributed by atoms with Crippen LogP contribution >= 0.6 is 0 Å². The third kappa shape index (κ3) is 2.08. The molecule has 16 heavy (non-hydrogen) atoms. The molecular weight excluding hydrogens is 236 g/mol. The van der Waals surface area contributed by atoms with Crippen LogP contribution < -0.4 is 5.19 Å². The van der Waals surface area contributed by atoms with E-state index < -0.39 is 9.84 Å². The molecule has 0 aromatic heterocycles. The Morgan fingerprint density at radius 2 is 1.25 bits per heavy atom. The Morgan fingerprint density at radius 3 is 1.81 bits per heavy atom. The molecule has 0 saturated carbocycles. The molecule has 0 aliphatic rings. The second-order valence-electron chi connectivity index (χ2n) is 3.63. The molecule has 0 unspecified atom stereocenters. The van der Waals surface area contributed by atoms with Crippen molar-refractivity contribution in [2.45, 2.75) is 9.79 Å². The Labute approximate surface area is 98.3 Å². The van der Waals surface area contributed by atoms with Gasteiger partial charge in [-0.1, -0.05) is 35.5 Å². The number of sulfone groups is 1. The molecule has 0 aliphatic heterocycles. The average molecular weight is 248 g/mol. The van der Waals surface area contributed by atoms with Crippen LogP contribution in [0.3, 0.4) is 0 Å². The van der Waals surface area contributed by atoms with Crippen molar-refractivity contribution in [2.75, 3.05) is 0 Å². The van der Waals surface area contributed by atoms with Crippen LogP contribution in [0.5, 0.6) is 0 Å². The van der Waals surface area contributed by atoms with Crippen LogP contribution in [0.1, 0.15) is 0 Å². The Balaban J connectivity index is 2.52. The molecule has 0 atom stereocenters. The molecule has 0 amide bonds. The molecule has 0 fully saturated rings. The quantitative estimate of drug-likeness (QED) is 0.726. The summed E-state index contributed by atoms with van der Waals surface area (Å²) in [5.41, 5.74) is 0. The first-order chi connectivity index (χ1) is 7.60. The van der Waals surface area contributed by atoms with Crippen molar-refractivity contribution in [1.29, 1.82) is 0 Å². The van der Waals surface area contributed by atoms with Gasteiger partial charge in [-0.05, 0) is 24.3 Å². The summed E-state index contributed by atoms with van der Waals surface area (Å²) in [5.74, 6) is 0. The molecule has 0 saturated heterocycles. The molecule has 2 nitrogen and oxygen atoms in total. The monoisotopic (exact) mass is 248 g/mol. The SMILES string of the molecule is O=S(=O)(c1ccccc1)c1ccc([SiH3])cc1. The van der Waals surface area contributed by atoms with Crippen molar-refractivity contribution in [3.05, 3.63) is 54.6 Å². The second kappa shape index (κ2) is 4.23. The van der Waals surface area contributed by atoms with Crippen molar-refractivity contribution in [1.82, 2.24) is 0 Å². The summed E-state index contributed by atoms with van der Waals surface area (Å²) in [6.07, 6.45) is 0. The molecule has 0 radical (unpaired) electrons. The van der Waals surface area contributed by atoms with Crippen molar-refractivity contribution in [2.24, 2.45) is 0 Å². The van der Waals surface area contributed by atoms with Gasteiger partial charge in [0.1, 0.15) is 0 Å². The predicted molar refractivity (Wildman–Crippen MR) is 67.9 cm³/mol. The highest BCUT2D eigenvalue weighted by Crippen LogP contribution is 2.18. The first-order valence-corrected chi connectivity index (χ1v) is 7.46. The normalized spacial score (nSPS) is 11.5. The summed E-state index contributed by atoms with van der Waals surface area (Å²) >= 11 is 0. The van der Waals surface area contributed by atoms with Crippen LogP contribution in [-0.2, 0) is 9.84 Å². The highest BCUT2D eigenvalue weighted by molar-refractivity contribution is 7.91. The molecule has 2 aromatic carbocycles. The summed E-state index contributed by atoms with van der Waals surface area (Å²) in [6, 6.07) is 15.6. The average Bonchev–Trinajstić information content (AvgIpc) is 2.31. The molecule has 2 aromatic rings. The van der Waals surface area contributed by atoms with Crippen molar-refractivity contribution < 1.29 is 8.42 Å². The Morgan fingerprint density at radius 1 is 0.750 bits per heavy atom. The second-order valence-corrected chi connectivity index (χ2v) is 6.73. The van der Waals surface area contributed by atoms with E-state index in [2.05, 4.69) is 0 Å². The lowest BCUT2D eigenvalue weighted by atomic mass is 10.4. The molecule has 0 bridgehead atoms. The summed E-state index contributed by atoms with van der Waals surface area (Å²) in [5, 5.41) is 1.19. The lowest BCUT2D eigenvalue weighted by molar-refractivity contribution is 0.596. The molecule has 0 heterocycles. The number of hydrogen-bond acceptors (Lipinski definition) is 2. The number of benzene rings is 2. The first kappa shape index (κ1) is 11.1. The van der Waals surface area contributed by atoms with Gasteiger partial charge in [-0.25, -0.2) is 8.42 Å². The third-order valence-electron chi connectivity index (χ3n) is 2.38. The van der Waals surface area contributed by atoms with Crippen LogP contribution in [0.2, 0.25) is 0 Å². The van der Waals surface area contributed by atoms with Crippen LogP contribution in [0.25, 0.3) is 0 Å². The largest absolute Gasteiger partial charge is 0.219 e. The molecule has 0 N–H and O–H groups in total. The van der Waals surface area contributed by atoms with Crippen LogP contribution in [0, 0.1) is 0 Å². The van der Waals surface area contributed by atoms with E-state index in [1.165, 1.54) is 5.19 Å². The zero-order valence-electron chi connectivity index (χ0n) is 8.92. The van der Waals surface area contributed by atoms with Crippen molar-refractivity contribution in [3.8, 4) is 0 Å². The first-order valence-electron chi connectivity index (χ1n) is 4.97. The van der Waals surface area contributed by atoms with E-state index in [0.717, 1.165) is 10.2 Å². The van der Waals surface area contributed by atoms with Crippen LogP contribution in [0.15, 0.2) is 64.4 Å². The van der Waals surface area contributed by atoms with Gasteiger partial charge in [0, 0.05) is 10.2 Å². The standard InChI is InChI=1S/C12H12O2SSi/c13-15(14,10-4-2-1-3-5-10)11-6-8-12(16)9-7-11/h1-9H,16H3. The van der Waals surface area contributed by atoms with E-state index >= 15 is 0 Å². The van der Waals surface area contributed by atoms with Crippen molar-refractivity contribution >= 4 is 25.3 Å². The highest BCUT2D eigenvalue weighted by atomic mass is 32.2. The fourth-order valence-corrected chi connectivity index (χ4v) is 3.07. The van der Waals surface area contributed by atoms with E-state index in [4.69, 9.17) is 0 Å². The van der Waals surface area contributed by atoms with Crippen LogP contribution in [-0.4, -0.2) is 18.7 Å². The minimum Gasteiger partial charge on any atom is -0.219 e. The van der Waals surface area contributed by atoms with E-state index in [1.54, 1.807) is 42.5 Å². The molecular formula is C12H12O2SSi. The lowest BCUT2D eigenvalue weighted by Gasteiger charge is -2.04. The highest BCUT2D eigenvalue weighted by Gasteiger charge is 2.16. The number of hydrogen-bond donors (Lipinski definition) is 0. The van der Waals surface area contributed by atoms with E-state index in [1.807, 2.05) is 12.1 Å². The maximum Gasteiger partial charge on any atom is 0.206 e. The van der Waals surface area contributed by atoms with Gasteiger partial charge in [-0.3, -0.25) is 0 Å². The van der Waals surface area contributed by atoms with Gasteiger partial charge < -0.3 is 0 Å². The van der Waals surface area contributed by atoms with Gasteiger partial charge >= 0.3 is 0 Å². The third-order valence-corrected chi connectivity index (χ3v) is 4.84. The Kier molecular flexibility index (Phi) is 2.94. The van der Waals surface area contributed by atoms with Gasteiger partial charge in [0.25, 0.3) is 0 Å². The molecule has 82 valence electrons. The summed E-state index contributed by atoms with van der Waals surface area (Å²) in [6.45, 7) is 0. The Bertz CT molecular complexity index is 574. The molecule has 4 heteroatoms. The van der Waals surface area contributed by atoms with Gasteiger partial charge in [0.15, 0.2) is 0 Å². The maximum atomic E-state index is 12.2.